The Morgan fingerprint density at radius 1 is 1.16 bits per heavy atom. The lowest BCUT2D eigenvalue weighted by molar-refractivity contribution is -0.140. The van der Waals surface area contributed by atoms with Crippen LogP contribution in [-0.2, 0) is 11.3 Å². The van der Waals surface area contributed by atoms with Crippen molar-refractivity contribution in [3.05, 3.63) is 40.3 Å². The average molecular weight is 345 g/mol. The number of fused-ring (bicyclic) bond motifs is 1. The molecule has 0 aliphatic carbocycles. The van der Waals surface area contributed by atoms with Crippen LogP contribution in [0, 0.1) is 11.8 Å². The van der Waals surface area contributed by atoms with Crippen LogP contribution in [0.15, 0.2) is 29.1 Å². The fourth-order valence-corrected chi connectivity index (χ4v) is 2.60. The van der Waals surface area contributed by atoms with Crippen molar-refractivity contribution >= 4 is 22.6 Å². The number of aromatic nitrogens is 2. The van der Waals surface area contributed by atoms with E-state index in [1.54, 1.807) is 38.1 Å². The van der Waals surface area contributed by atoms with Gasteiger partial charge in [-0.05, 0) is 17.9 Å². The fraction of sp³-hybridized carbons (Fsp3) is 0.444. The Kier molecular flexibility index (Phi) is 5.56. The van der Waals surface area contributed by atoms with Crippen LogP contribution in [0.4, 0.5) is 0 Å². The van der Waals surface area contributed by atoms with E-state index >= 15 is 0 Å². The summed E-state index contributed by atoms with van der Waals surface area (Å²) >= 11 is 0. The standard InChI is InChI=1S/C18H23N3O4/c1-10(2)9-21-17(23)13-8-6-5-7-12(13)15(20-21)16(22)19-14(11(3)4)18(24)25/h5-8,10-11,14H,9H2,1-4H3,(H,19,22)(H,24,25)/t14-/m1/s1. The van der Waals surface area contributed by atoms with Gasteiger partial charge in [-0.1, -0.05) is 45.9 Å². The van der Waals surface area contributed by atoms with Gasteiger partial charge in [-0.3, -0.25) is 9.59 Å². The Morgan fingerprint density at radius 2 is 1.76 bits per heavy atom. The van der Waals surface area contributed by atoms with Gasteiger partial charge in [-0.15, -0.1) is 0 Å². The van der Waals surface area contributed by atoms with Crippen molar-refractivity contribution in [2.45, 2.75) is 40.3 Å². The fourth-order valence-electron chi connectivity index (χ4n) is 2.60. The Morgan fingerprint density at radius 3 is 2.28 bits per heavy atom. The highest BCUT2D eigenvalue weighted by Gasteiger charge is 2.26. The van der Waals surface area contributed by atoms with Gasteiger partial charge in [0, 0.05) is 11.9 Å². The molecular formula is C18H23N3O4. The maximum atomic E-state index is 12.7. The second-order valence-corrected chi connectivity index (χ2v) is 6.81. The van der Waals surface area contributed by atoms with E-state index in [0.717, 1.165) is 0 Å². The zero-order valence-electron chi connectivity index (χ0n) is 14.8. The molecule has 1 amide bonds. The monoisotopic (exact) mass is 345 g/mol. The molecule has 0 radical (unpaired) electrons. The predicted molar refractivity (Wildman–Crippen MR) is 94.6 cm³/mol. The van der Waals surface area contributed by atoms with Crippen molar-refractivity contribution in [2.24, 2.45) is 11.8 Å². The second kappa shape index (κ2) is 7.46. The number of hydrogen-bond acceptors (Lipinski definition) is 4. The molecule has 0 aliphatic heterocycles. The van der Waals surface area contributed by atoms with Crippen molar-refractivity contribution in [2.75, 3.05) is 0 Å². The second-order valence-electron chi connectivity index (χ2n) is 6.81. The number of amides is 1. The lowest BCUT2D eigenvalue weighted by Crippen LogP contribution is -2.45. The van der Waals surface area contributed by atoms with Crippen molar-refractivity contribution in [1.29, 1.82) is 0 Å². The van der Waals surface area contributed by atoms with Crippen molar-refractivity contribution in [3.63, 3.8) is 0 Å². The van der Waals surface area contributed by atoms with Gasteiger partial charge in [0.15, 0.2) is 5.69 Å². The number of hydrogen-bond donors (Lipinski definition) is 2. The normalized spacial score (nSPS) is 12.6. The Hall–Kier alpha value is -2.70. The van der Waals surface area contributed by atoms with Gasteiger partial charge in [-0.2, -0.15) is 5.10 Å². The molecule has 7 nitrogen and oxygen atoms in total. The van der Waals surface area contributed by atoms with Crippen LogP contribution in [0.5, 0.6) is 0 Å². The third kappa shape index (κ3) is 4.04. The van der Waals surface area contributed by atoms with Crippen molar-refractivity contribution in [1.82, 2.24) is 15.1 Å². The summed E-state index contributed by atoms with van der Waals surface area (Å²) in [6, 6.07) is 5.69. The molecule has 25 heavy (non-hydrogen) atoms. The Labute approximate surface area is 145 Å². The van der Waals surface area contributed by atoms with Crippen molar-refractivity contribution in [3.8, 4) is 0 Å². The molecule has 0 spiro atoms. The van der Waals surface area contributed by atoms with Gasteiger partial charge in [0.2, 0.25) is 0 Å². The quantitative estimate of drug-likeness (QED) is 0.832. The van der Waals surface area contributed by atoms with E-state index in [9.17, 15) is 19.5 Å². The van der Waals surface area contributed by atoms with Crippen LogP contribution in [0.2, 0.25) is 0 Å². The number of nitrogens with one attached hydrogen (secondary N) is 1. The molecule has 0 bridgehead atoms. The summed E-state index contributed by atoms with van der Waals surface area (Å²) in [6.45, 7) is 7.69. The molecule has 0 unspecified atom stereocenters. The average Bonchev–Trinajstić information content (AvgIpc) is 2.54. The first-order valence-corrected chi connectivity index (χ1v) is 8.26. The highest BCUT2D eigenvalue weighted by molar-refractivity contribution is 6.05. The van der Waals surface area contributed by atoms with Crippen LogP contribution in [0.1, 0.15) is 38.2 Å². The maximum Gasteiger partial charge on any atom is 0.326 e. The number of carboxylic acids is 1. The lowest BCUT2D eigenvalue weighted by atomic mass is 10.0. The highest BCUT2D eigenvalue weighted by Crippen LogP contribution is 2.14. The van der Waals surface area contributed by atoms with Gasteiger partial charge in [0.1, 0.15) is 6.04 Å². The zero-order chi connectivity index (χ0) is 18.7. The highest BCUT2D eigenvalue weighted by atomic mass is 16.4. The summed E-state index contributed by atoms with van der Waals surface area (Å²) in [7, 11) is 0. The molecule has 2 rings (SSSR count). The Balaban J connectivity index is 2.56. The van der Waals surface area contributed by atoms with Gasteiger partial charge < -0.3 is 10.4 Å². The molecule has 0 aliphatic rings. The number of nitrogens with zero attached hydrogens (tertiary/aromatic N) is 2. The minimum absolute atomic E-state index is 0.0581. The molecule has 1 heterocycles. The largest absolute Gasteiger partial charge is 0.480 e. The lowest BCUT2D eigenvalue weighted by Gasteiger charge is -2.18. The van der Waals surface area contributed by atoms with E-state index < -0.39 is 17.9 Å². The van der Waals surface area contributed by atoms with Crippen LogP contribution in [0.3, 0.4) is 0 Å². The third-order valence-corrected chi connectivity index (χ3v) is 3.84. The predicted octanol–water partition coefficient (Wildman–Crippen LogP) is 1.89. The number of carboxylic acid groups (broad SMARTS) is 1. The SMILES string of the molecule is CC(C)Cn1nc(C(=O)N[C@@H](C(=O)O)C(C)C)c2ccccc2c1=O. The minimum atomic E-state index is -1.11. The summed E-state index contributed by atoms with van der Waals surface area (Å²) in [5, 5.41) is 16.8. The minimum Gasteiger partial charge on any atom is -0.480 e. The zero-order valence-corrected chi connectivity index (χ0v) is 14.8. The number of carbonyl (C=O) groups excluding carboxylic acids is 1. The van der Waals surface area contributed by atoms with E-state index in [0.29, 0.717) is 17.3 Å². The molecule has 2 aromatic rings. The summed E-state index contributed by atoms with van der Waals surface area (Å²) in [5.41, 5.74) is -0.206. The molecule has 1 atom stereocenters. The van der Waals surface area contributed by atoms with Crippen molar-refractivity contribution < 1.29 is 14.7 Å². The molecule has 134 valence electrons. The van der Waals surface area contributed by atoms with E-state index in [-0.39, 0.29) is 23.1 Å². The summed E-state index contributed by atoms with van der Waals surface area (Å²) in [4.78, 5) is 36.6. The first-order chi connectivity index (χ1) is 11.7. The molecular weight excluding hydrogens is 322 g/mol. The number of aliphatic carboxylic acids is 1. The van der Waals surface area contributed by atoms with Crippen LogP contribution < -0.4 is 10.9 Å². The van der Waals surface area contributed by atoms with Gasteiger partial charge >= 0.3 is 5.97 Å². The summed E-state index contributed by atoms with van der Waals surface area (Å²) in [5.74, 6) is -1.82. The number of benzene rings is 1. The van der Waals surface area contributed by atoms with Crippen LogP contribution >= 0.6 is 0 Å². The summed E-state index contributed by atoms with van der Waals surface area (Å²) in [6.07, 6.45) is 0. The molecule has 1 aromatic heterocycles. The van der Waals surface area contributed by atoms with Gasteiger partial charge in [0.25, 0.3) is 11.5 Å². The van der Waals surface area contributed by atoms with E-state index in [1.807, 2.05) is 13.8 Å². The van der Waals surface area contributed by atoms with Gasteiger partial charge in [0.05, 0.1) is 5.39 Å². The molecule has 0 saturated carbocycles. The first kappa shape index (κ1) is 18.6. The van der Waals surface area contributed by atoms with E-state index in [4.69, 9.17) is 0 Å². The number of carbonyl (C=O) groups is 2. The third-order valence-electron chi connectivity index (χ3n) is 3.84. The molecule has 7 heteroatoms. The van der Waals surface area contributed by atoms with Gasteiger partial charge in [-0.25, -0.2) is 9.48 Å². The number of rotatable bonds is 6. The van der Waals surface area contributed by atoms with Crippen LogP contribution in [-0.4, -0.2) is 32.8 Å². The topological polar surface area (TPSA) is 101 Å². The summed E-state index contributed by atoms with van der Waals surface area (Å²) < 4.78 is 1.27. The first-order valence-electron chi connectivity index (χ1n) is 8.26. The molecule has 0 fully saturated rings. The van der Waals surface area contributed by atoms with E-state index in [2.05, 4.69) is 10.4 Å². The molecule has 1 aromatic carbocycles. The smallest absolute Gasteiger partial charge is 0.326 e. The molecule has 2 N–H and O–H groups in total. The maximum absolute atomic E-state index is 12.7. The van der Waals surface area contributed by atoms with E-state index in [1.165, 1.54) is 4.68 Å². The molecule has 0 saturated heterocycles. The van der Waals surface area contributed by atoms with Crippen LogP contribution in [0.25, 0.3) is 10.8 Å². The Bertz CT molecular complexity index is 855.